The quantitative estimate of drug-likeness (QED) is 0.448. The van der Waals surface area contributed by atoms with Crippen LogP contribution >= 0.6 is 0 Å². The molecule has 2 aromatic heterocycles. The zero-order valence-corrected chi connectivity index (χ0v) is 14.7. The fraction of sp³-hybridized carbons (Fsp3) is 0.238. The molecule has 0 saturated carbocycles. The van der Waals surface area contributed by atoms with E-state index in [0.717, 1.165) is 29.6 Å². The number of aromatic nitrogens is 2. The van der Waals surface area contributed by atoms with Crippen molar-refractivity contribution in [1.82, 2.24) is 20.2 Å². The monoisotopic (exact) mass is 346 g/mol. The van der Waals surface area contributed by atoms with Crippen LogP contribution in [0.4, 0.5) is 0 Å². The van der Waals surface area contributed by atoms with E-state index in [1.807, 2.05) is 18.3 Å². The second kappa shape index (κ2) is 5.90. The molecule has 5 nitrogen and oxygen atoms in total. The first-order chi connectivity index (χ1) is 12.7. The van der Waals surface area contributed by atoms with Crippen molar-refractivity contribution < 1.29 is 5.11 Å². The predicted molar refractivity (Wildman–Crippen MR) is 104 cm³/mol. The van der Waals surface area contributed by atoms with Crippen LogP contribution in [0.2, 0.25) is 0 Å². The molecule has 26 heavy (non-hydrogen) atoms. The number of phenols is 1. The summed E-state index contributed by atoms with van der Waals surface area (Å²) >= 11 is 0. The first-order valence-electron chi connectivity index (χ1n) is 9.01. The minimum Gasteiger partial charge on any atom is -0.507 e. The van der Waals surface area contributed by atoms with Crippen LogP contribution in [0.3, 0.4) is 0 Å². The number of piperazine rings is 1. The van der Waals surface area contributed by atoms with Crippen LogP contribution in [0.5, 0.6) is 5.75 Å². The molecule has 0 radical (unpaired) electrons. The van der Waals surface area contributed by atoms with Gasteiger partial charge in [0.25, 0.3) is 0 Å². The summed E-state index contributed by atoms with van der Waals surface area (Å²) in [5, 5.41) is 16.2. The number of benzene rings is 2. The third-order valence-corrected chi connectivity index (χ3v) is 5.63. The zero-order valence-electron chi connectivity index (χ0n) is 14.7. The van der Waals surface area contributed by atoms with E-state index in [1.54, 1.807) is 6.07 Å². The van der Waals surface area contributed by atoms with Gasteiger partial charge in [0.2, 0.25) is 0 Å². The van der Waals surface area contributed by atoms with Crippen molar-refractivity contribution in [2.75, 3.05) is 20.1 Å². The van der Waals surface area contributed by atoms with E-state index in [9.17, 15) is 5.11 Å². The number of hydrogen-bond donors (Lipinski definition) is 4. The van der Waals surface area contributed by atoms with E-state index >= 15 is 0 Å². The van der Waals surface area contributed by atoms with E-state index < -0.39 is 0 Å². The van der Waals surface area contributed by atoms with E-state index in [-0.39, 0.29) is 6.04 Å². The summed E-state index contributed by atoms with van der Waals surface area (Å²) < 4.78 is 0. The molecule has 1 fully saturated rings. The molecule has 4 N–H and O–H groups in total. The Balaban J connectivity index is 1.45. The summed E-state index contributed by atoms with van der Waals surface area (Å²) in [6.45, 7) is 1.74. The molecule has 132 valence electrons. The van der Waals surface area contributed by atoms with Crippen molar-refractivity contribution in [3.8, 4) is 5.75 Å². The molecule has 0 amide bonds. The first kappa shape index (κ1) is 15.5. The van der Waals surface area contributed by atoms with Gasteiger partial charge in [0.1, 0.15) is 5.75 Å². The van der Waals surface area contributed by atoms with Gasteiger partial charge in [0, 0.05) is 59.4 Å². The van der Waals surface area contributed by atoms with Crippen molar-refractivity contribution in [2.45, 2.75) is 12.1 Å². The molecule has 5 rings (SSSR count). The number of nitrogens with zero attached hydrogens (tertiary/aromatic N) is 1. The first-order valence-corrected chi connectivity index (χ1v) is 9.01. The topological polar surface area (TPSA) is 67.1 Å². The summed E-state index contributed by atoms with van der Waals surface area (Å²) in [6, 6.07) is 14.6. The zero-order chi connectivity index (χ0) is 17.7. The molecule has 1 saturated heterocycles. The van der Waals surface area contributed by atoms with E-state index in [2.05, 4.69) is 57.7 Å². The Labute approximate surface area is 151 Å². The summed E-state index contributed by atoms with van der Waals surface area (Å²) in [5.41, 5.74) is 4.61. The summed E-state index contributed by atoms with van der Waals surface area (Å²) in [7, 11) is 2.18. The number of rotatable bonds is 2. The maximum atomic E-state index is 10.3. The molecule has 4 aromatic rings. The summed E-state index contributed by atoms with van der Waals surface area (Å²) in [6.07, 6.45) is 4.15. The highest BCUT2D eigenvalue weighted by Crippen LogP contribution is 2.36. The lowest BCUT2D eigenvalue weighted by atomic mass is 9.97. The van der Waals surface area contributed by atoms with Crippen LogP contribution in [-0.2, 0) is 0 Å². The smallest absolute Gasteiger partial charge is 0.125 e. The number of aromatic amines is 2. The van der Waals surface area contributed by atoms with E-state index in [0.29, 0.717) is 11.8 Å². The third-order valence-electron chi connectivity index (χ3n) is 5.63. The standard InChI is InChI=1S/C21H22N4O/c1-25-12-18(15-10-23-17-7-4-8-20(26)21(15)17)24-11-19(25)14-9-22-16-6-3-2-5-13(14)16/h2-10,18-19,22-24,26H,11-12H2,1H3/t18-,19+/m1/s1. The minimum atomic E-state index is 0.184. The Bertz CT molecular complexity index is 1080. The summed E-state index contributed by atoms with van der Waals surface area (Å²) in [4.78, 5) is 9.06. The van der Waals surface area contributed by atoms with Gasteiger partial charge in [-0.3, -0.25) is 4.90 Å². The molecule has 2 atom stereocenters. The number of para-hydroxylation sites is 1. The van der Waals surface area contributed by atoms with Crippen LogP contribution < -0.4 is 5.32 Å². The van der Waals surface area contributed by atoms with Crippen LogP contribution in [0, 0.1) is 0 Å². The van der Waals surface area contributed by atoms with E-state index in [4.69, 9.17) is 0 Å². The van der Waals surface area contributed by atoms with Crippen LogP contribution in [0.15, 0.2) is 54.9 Å². The van der Waals surface area contributed by atoms with Gasteiger partial charge in [-0.2, -0.15) is 0 Å². The lowest BCUT2D eigenvalue weighted by molar-refractivity contribution is 0.166. The van der Waals surface area contributed by atoms with Gasteiger partial charge in [0.15, 0.2) is 0 Å². The van der Waals surface area contributed by atoms with Crippen LogP contribution in [-0.4, -0.2) is 40.1 Å². The number of likely N-dealkylation sites (N-methyl/N-ethyl adjacent to an activating group) is 1. The molecule has 0 unspecified atom stereocenters. The van der Waals surface area contributed by atoms with Crippen molar-refractivity contribution in [3.05, 3.63) is 66.0 Å². The molecular weight excluding hydrogens is 324 g/mol. The van der Waals surface area contributed by atoms with Crippen molar-refractivity contribution in [2.24, 2.45) is 0 Å². The number of phenolic OH excluding ortho intramolecular Hbond substituents is 1. The average Bonchev–Trinajstić information content (AvgIpc) is 3.27. The molecule has 1 aliphatic rings. The molecule has 0 spiro atoms. The Morgan fingerprint density at radius 3 is 2.62 bits per heavy atom. The number of fused-ring (bicyclic) bond motifs is 2. The Morgan fingerprint density at radius 1 is 0.962 bits per heavy atom. The second-order valence-electron chi connectivity index (χ2n) is 7.15. The SMILES string of the molecule is CN1C[C@H](c2c[nH]c3cccc(O)c23)NC[C@H]1c1c[nH]c2ccccc12. The molecular formula is C21H22N4O. The van der Waals surface area contributed by atoms with Crippen molar-refractivity contribution in [1.29, 1.82) is 0 Å². The number of H-pyrrole nitrogens is 2. The van der Waals surface area contributed by atoms with E-state index in [1.165, 1.54) is 16.5 Å². The molecule has 0 bridgehead atoms. The van der Waals surface area contributed by atoms with Crippen LogP contribution in [0.1, 0.15) is 23.2 Å². The Kier molecular flexibility index (Phi) is 3.51. The molecule has 5 heteroatoms. The fourth-order valence-corrected chi connectivity index (χ4v) is 4.28. The highest BCUT2D eigenvalue weighted by Gasteiger charge is 2.30. The van der Waals surface area contributed by atoms with Gasteiger partial charge in [-0.25, -0.2) is 0 Å². The average molecular weight is 346 g/mol. The molecule has 1 aliphatic heterocycles. The van der Waals surface area contributed by atoms with Gasteiger partial charge < -0.3 is 20.4 Å². The fourth-order valence-electron chi connectivity index (χ4n) is 4.28. The van der Waals surface area contributed by atoms with Crippen molar-refractivity contribution >= 4 is 21.8 Å². The second-order valence-corrected chi connectivity index (χ2v) is 7.15. The maximum absolute atomic E-state index is 10.3. The third kappa shape index (κ3) is 2.32. The summed E-state index contributed by atoms with van der Waals surface area (Å²) in [5.74, 6) is 0.335. The Hall–Kier alpha value is -2.76. The van der Waals surface area contributed by atoms with Gasteiger partial charge in [-0.1, -0.05) is 24.3 Å². The normalized spacial score (nSPS) is 21.6. The molecule has 3 heterocycles. The maximum Gasteiger partial charge on any atom is 0.125 e. The number of hydrogen-bond acceptors (Lipinski definition) is 3. The highest BCUT2D eigenvalue weighted by atomic mass is 16.3. The number of aromatic hydroxyl groups is 1. The van der Waals surface area contributed by atoms with Gasteiger partial charge in [-0.15, -0.1) is 0 Å². The van der Waals surface area contributed by atoms with Gasteiger partial charge in [0.05, 0.1) is 0 Å². The Morgan fingerprint density at radius 2 is 1.73 bits per heavy atom. The highest BCUT2D eigenvalue weighted by molar-refractivity contribution is 5.89. The predicted octanol–water partition coefficient (Wildman–Crippen LogP) is 3.67. The van der Waals surface area contributed by atoms with Crippen molar-refractivity contribution in [3.63, 3.8) is 0 Å². The van der Waals surface area contributed by atoms with Crippen LogP contribution in [0.25, 0.3) is 21.8 Å². The van der Waals surface area contributed by atoms with Gasteiger partial charge in [-0.05, 0) is 36.4 Å². The molecule has 2 aromatic carbocycles. The lowest BCUT2D eigenvalue weighted by Gasteiger charge is -2.38. The van der Waals surface area contributed by atoms with Gasteiger partial charge >= 0.3 is 0 Å². The lowest BCUT2D eigenvalue weighted by Crippen LogP contribution is -2.45. The number of nitrogens with one attached hydrogen (secondary N) is 3. The minimum absolute atomic E-state index is 0.184. The largest absolute Gasteiger partial charge is 0.507 e. The molecule has 0 aliphatic carbocycles.